The van der Waals surface area contributed by atoms with Crippen LogP contribution >= 0.6 is 55.4 Å². The maximum absolute atomic E-state index is 7.53. The monoisotopic (exact) mass is 495 g/mol. The molecule has 0 fully saturated rings. The molecule has 1 aromatic heterocycles. The minimum Gasteiger partial charge on any atom is -0.379 e. The molecule has 134 valence electrons. The standard InChI is InChI=1S/C15H23Br2N5S2/c1-14(8-16,23-12(18)19)6-10-4-3-5-11(22-10)7-15(2,9-17)24-13(20)21/h3-5H,6-9H2,1-2H3,(H3,18,19)(H3,20,21)/t14-,15-/m0/s1. The summed E-state index contributed by atoms with van der Waals surface area (Å²) >= 11 is 9.72. The number of rotatable bonds is 8. The zero-order chi connectivity index (χ0) is 18.4. The van der Waals surface area contributed by atoms with E-state index in [1.165, 1.54) is 23.5 Å². The molecular weight excluding hydrogens is 474 g/mol. The van der Waals surface area contributed by atoms with Crippen LogP contribution in [-0.4, -0.2) is 35.5 Å². The van der Waals surface area contributed by atoms with Gasteiger partial charge in [-0.25, -0.2) is 0 Å². The summed E-state index contributed by atoms with van der Waals surface area (Å²) in [6.07, 6.45) is 1.42. The highest BCUT2D eigenvalue weighted by Gasteiger charge is 2.28. The van der Waals surface area contributed by atoms with E-state index in [0.29, 0.717) is 12.8 Å². The first-order chi connectivity index (χ1) is 11.1. The van der Waals surface area contributed by atoms with Crippen LogP contribution in [-0.2, 0) is 12.8 Å². The molecule has 0 aromatic carbocycles. The van der Waals surface area contributed by atoms with E-state index in [1.54, 1.807) is 0 Å². The Hall–Kier alpha value is -0.250. The van der Waals surface area contributed by atoms with Gasteiger partial charge in [-0.2, -0.15) is 0 Å². The van der Waals surface area contributed by atoms with Crippen molar-refractivity contribution in [2.45, 2.75) is 36.2 Å². The molecule has 0 saturated heterocycles. The van der Waals surface area contributed by atoms with Crippen molar-refractivity contribution in [3.63, 3.8) is 0 Å². The van der Waals surface area contributed by atoms with Crippen molar-refractivity contribution in [2.75, 3.05) is 10.7 Å². The predicted molar refractivity (Wildman–Crippen MR) is 115 cm³/mol. The van der Waals surface area contributed by atoms with Gasteiger partial charge in [0.25, 0.3) is 0 Å². The van der Waals surface area contributed by atoms with Crippen LogP contribution in [0.1, 0.15) is 25.2 Å². The Morgan fingerprint density at radius 1 is 1.00 bits per heavy atom. The molecule has 6 N–H and O–H groups in total. The Kier molecular flexibility index (Phi) is 8.58. The van der Waals surface area contributed by atoms with E-state index >= 15 is 0 Å². The van der Waals surface area contributed by atoms with Crippen molar-refractivity contribution >= 4 is 65.7 Å². The Labute approximate surface area is 168 Å². The van der Waals surface area contributed by atoms with Crippen LogP contribution in [0, 0.1) is 10.8 Å². The number of nitrogens with zero attached hydrogens (tertiary/aromatic N) is 1. The second-order valence-corrected chi connectivity index (χ2v) is 10.5. The van der Waals surface area contributed by atoms with Crippen LogP contribution in [0.3, 0.4) is 0 Å². The van der Waals surface area contributed by atoms with Gasteiger partial charge in [0.05, 0.1) is 0 Å². The molecule has 0 aliphatic heterocycles. The van der Waals surface area contributed by atoms with Gasteiger partial charge in [-0.05, 0) is 26.0 Å². The van der Waals surface area contributed by atoms with Crippen LogP contribution in [0.15, 0.2) is 18.2 Å². The first-order valence-electron chi connectivity index (χ1n) is 7.24. The fraction of sp³-hybridized carbons (Fsp3) is 0.533. The van der Waals surface area contributed by atoms with E-state index < -0.39 is 0 Å². The van der Waals surface area contributed by atoms with Gasteiger partial charge >= 0.3 is 0 Å². The maximum atomic E-state index is 7.53. The molecule has 0 unspecified atom stereocenters. The number of pyridine rings is 1. The Balaban J connectivity index is 2.93. The first kappa shape index (κ1) is 21.8. The molecule has 1 heterocycles. The van der Waals surface area contributed by atoms with Crippen molar-refractivity contribution < 1.29 is 0 Å². The molecule has 24 heavy (non-hydrogen) atoms. The van der Waals surface area contributed by atoms with E-state index in [-0.39, 0.29) is 19.8 Å². The molecule has 9 heteroatoms. The molecule has 2 atom stereocenters. The molecule has 0 aliphatic rings. The quantitative estimate of drug-likeness (QED) is 0.249. The van der Waals surface area contributed by atoms with Crippen molar-refractivity contribution in [1.82, 2.24) is 4.98 Å². The van der Waals surface area contributed by atoms with Crippen molar-refractivity contribution in [3.05, 3.63) is 29.6 Å². The highest BCUT2D eigenvalue weighted by molar-refractivity contribution is 9.09. The Morgan fingerprint density at radius 3 is 1.67 bits per heavy atom. The number of nitrogens with two attached hydrogens (primary N) is 2. The lowest BCUT2D eigenvalue weighted by Crippen LogP contribution is -2.31. The number of nitrogens with one attached hydrogen (secondary N) is 2. The summed E-state index contributed by atoms with van der Waals surface area (Å²) in [6, 6.07) is 5.99. The number of alkyl halides is 2. The van der Waals surface area contributed by atoms with Gasteiger partial charge in [-0.15, -0.1) is 0 Å². The lowest BCUT2D eigenvalue weighted by atomic mass is 10.0. The Bertz CT molecular complexity index is 554. The summed E-state index contributed by atoms with van der Waals surface area (Å²) in [7, 11) is 0. The van der Waals surface area contributed by atoms with Crippen LogP contribution in [0.4, 0.5) is 0 Å². The third-order valence-corrected chi connectivity index (χ3v) is 8.47. The number of amidine groups is 2. The van der Waals surface area contributed by atoms with Crippen LogP contribution in [0.2, 0.25) is 0 Å². The highest BCUT2D eigenvalue weighted by atomic mass is 79.9. The average Bonchev–Trinajstić information content (AvgIpc) is 2.45. The zero-order valence-electron chi connectivity index (χ0n) is 13.7. The number of thioether (sulfide) groups is 2. The SMILES string of the molecule is C[C@@](CBr)(Cc1cccc(C[C@@](C)(CBr)SC(=N)N)n1)SC(=N)N. The van der Waals surface area contributed by atoms with Gasteiger partial charge in [0, 0.05) is 44.4 Å². The largest absolute Gasteiger partial charge is 0.379 e. The topological polar surface area (TPSA) is 113 Å². The molecule has 1 aromatic rings. The fourth-order valence-electron chi connectivity index (χ4n) is 2.24. The summed E-state index contributed by atoms with van der Waals surface area (Å²) in [5.41, 5.74) is 13.0. The van der Waals surface area contributed by atoms with Crippen LogP contribution in [0.25, 0.3) is 0 Å². The normalized spacial score (nSPS) is 16.2. The summed E-state index contributed by atoms with van der Waals surface area (Å²) in [5.74, 6) is 0. The molecule has 0 radical (unpaired) electrons. The molecule has 0 spiro atoms. The molecule has 0 amide bonds. The van der Waals surface area contributed by atoms with Gasteiger partial charge in [0.2, 0.25) is 0 Å². The van der Waals surface area contributed by atoms with Gasteiger partial charge in [0.15, 0.2) is 10.3 Å². The molecule has 0 bridgehead atoms. The molecule has 0 saturated carbocycles. The molecule has 5 nitrogen and oxygen atoms in total. The average molecular weight is 497 g/mol. The number of hydrogen-bond acceptors (Lipinski definition) is 5. The van der Waals surface area contributed by atoms with Crippen molar-refractivity contribution in [2.24, 2.45) is 11.5 Å². The van der Waals surface area contributed by atoms with Crippen molar-refractivity contribution in [3.8, 4) is 0 Å². The Morgan fingerprint density at radius 2 is 1.38 bits per heavy atom. The van der Waals surface area contributed by atoms with Crippen LogP contribution in [0.5, 0.6) is 0 Å². The highest BCUT2D eigenvalue weighted by Crippen LogP contribution is 2.32. The third kappa shape index (κ3) is 7.33. The van der Waals surface area contributed by atoms with E-state index in [0.717, 1.165) is 22.0 Å². The fourth-order valence-corrected chi connectivity index (χ4v) is 4.94. The smallest absolute Gasteiger partial charge is 0.151 e. The molecule has 0 aliphatic carbocycles. The minimum absolute atomic E-state index is 0.109. The van der Waals surface area contributed by atoms with E-state index in [1.807, 2.05) is 18.2 Å². The summed E-state index contributed by atoms with van der Waals surface area (Å²) in [4.78, 5) is 4.76. The number of halogens is 2. The molecule has 1 rings (SSSR count). The predicted octanol–water partition coefficient (Wildman–Crippen LogP) is 3.73. The lowest BCUT2D eigenvalue weighted by Gasteiger charge is -2.27. The lowest BCUT2D eigenvalue weighted by molar-refractivity contribution is 0.684. The van der Waals surface area contributed by atoms with Gasteiger partial charge < -0.3 is 11.5 Å². The van der Waals surface area contributed by atoms with Gasteiger partial charge in [-0.1, -0.05) is 61.5 Å². The summed E-state index contributed by atoms with van der Waals surface area (Å²) in [5, 5.41) is 16.7. The second-order valence-electron chi connectivity index (χ2n) is 6.07. The number of hydrogen-bond donors (Lipinski definition) is 4. The van der Waals surface area contributed by atoms with E-state index in [4.69, 9.17) is 27.3 Å². The third-order valence-electron chi connectivity index (χ3n) is 3.25. The summed E-state index contributed by atoms with van der Waals surface area (Å²) in [6.45, 7) is 4.13. The first-order valence-corrected chi connectivity index (χ1v) is 11.1. The number of aromatic nitrogens is 1. The van der Waals surface area contributed by atoms with Crippen molar-refractivity contribution in [1.29, 1.82) is 10.8 Å². The minimum atomic E-state index is -0.218. The van der Waals surface area contributed by atoms with E-state index in [2.05, 4.69) is 45.7 Å². The zero-order valence-corrected chi connectivity index (χ0v) is 18.5. The van der Waals surface area contributed by atoms with Crippen LogP contribution < -0.4 is 11.5 Å². The second kappa shape index (κ2) is 9.45. The molecular formula is C15H23Br2N5S2. The summed E-state index contributed by atoms with van der Waals surface area (Å²) < 4.78 is -0.436. The van der Waals surface area contributed by atoms with E-state index in [9.17, 15) is 0 Å². The maximum Gasteiger partial charge on any atom is 0.151 e. The van der Waals surface area contributed by atoms with Gasteiger partial charge in [-0.3, -0.25) is 15.8 Å². The van der Waals surface area contributed by atoms with Gasteiger partial charge in [0.1, 0.15) is 0 Å².